The molecule has 1 atom stereocenters. The lowest BCUT2D eigenvalue weighted by molar-refractivity contribution is -0.137. The largest absolute Gasteiger partial charge is 0.337 e. The molecule has 0 spiro atoms. The molecule has 28 heavy (non-hydrogen) atoms. The van der Waals surface area contributed by atoms with Gasteiger partial charge >= 0.3 is 0 Å². The quantitative estimate of drug-likeness (QED) is 0.666. The minimum atomic E-state index is -3.52. The van der Waals surface area contributed by atoms with E-state index in [2.05, 4.69) is 10.1 Å². The first-order chi connectivity index (χ1) is 13.3. The number of aromatic nitrogens is 2. The highest BCUT2D eigenvalue weighted by Gasteiger charge is 2.35. The third-order valence-corrected chi connectivity index (χ3v) is 7.52. The van der Waals surface area contributed by atoms with E-state index in [0.717, 1.165) is 4.88 Å². The molecular formula is C17H25N5O4S2. The van der Waals surface area contributed by atoms with Crippen LogP contribution in [0.15, 0.2) is 22.0 Å². The topological polar surface area (TPSA) is 99.9 Å². The van der Waals surface area contributed by atoms with E-state index < -0.39 is 10.2 Å². The van der Waals surface area contributed by atoms with Crippen molar-refractivity contribution in [2.45, 2.75) is 26.3 Å². The van der Waals surface area contributed by atoms with Crippen molar-refractivity contribution < 1.29 is 17.7 Å². The van der Waals surface area contributed by atoms with Crippen LogP contribution in [0.1, 0.15) is 25.7 Å². The molecule has 0 aromatic carbocycles. The summed E-state index contributed by atoms with van der Waals surface area (Å²) in [5.74, 6) is 0.418. The number of hydrogen-bond donors (Lipinski definition) is 0. The highest BCUT2D eigenvalue weighted by molar-refractivity contribution is 7.86. The van der Waals surface area contributed by atoms with Crippen LogP contribution >= 0.6 is 11.3 Å². The molecule has 2 aromatic rings. The summed E-state index contributed by atoms with van der Waals surface area (Å²) in [6.45, 7) is 3.20. The van der Waals surface area contributed by atoms with E-state index in [1.54, 1.807) is 4.90 Å². The maximum absolute atomic E-state index is 13.0. The minimum absolute atomic E-state index is 0.0861. The van der Waals surface area contributed by atoms with Gasteiger partial charge in [-0.05, 0) is 31.2 Å². The molecule has 0 radical (unpaired) electrons. The summed E-state index contributed by atoms with van der Waals surface area (Å²) in [5.41, 5.74) is 0. The molecule has 1 saturated heterocycles. The number of piperidine rings is 1. The predicted octanol–water partition coefficient (Wildman–Crippen LogP) is 1.67. The Morgan fingerprint density at radius 2 is 2.21 bits per heavy atom. The van der Waals surface area contributed by atoms with E-state index in [0.29, 0.717) is 37.6 Å². The Bertz CT molecular complexity index is 895. The van der Waals surface area contributed by atoms with Crippen LogP contribution in [-0.4, -0.2) is 71.7 Å². The molecule has 3 rings (SSSR count). The van der Waals surface area contributed by atoms with E-state index in [-0.39, 0.29) is 24.9 Å². The normalized spacial score (nSPS) is 18.5. The first-order valence-corrected chi connectivity index (χ1v) is 11.4. The summed E-state index contributed by atoms with van der Waals surface area (Å²) in [5, 5.41) is 5.91. The van der Waals surface area contributed by atoms with Gasteiger partial charge in [0.15, 0.2) is 0 Å². The average Bonchev–Trinajstić information content (AvgIpc) is 3.37. The first-order valence-electron chi connectivity index (χ1n) is 9.15. The molecule has 1 aliphatic rings. The maximum atomic E-state index is 13.0. The molecule has 0 bridgehead atoms. The molecule has 1 fully saturated rings. The zero-order valence-electron chi connectivity index (χ0n) is 16.2. The monoisotopic (exact) mass is 427 g/mol. The Morgan fingerprint density at radius 1 is 1.43 bits per heavy atom. The molecule has 0 saturated carbocycles. The van der Waals surface area contributed by atoms with Gasteiger partial charge in [0.2, 0.25) is 17.6 Å². The van der Waals surface area contributed by atoms with Crippen LogP contribution in [0, 0.1) is 5.92 Å². The van der Waals surface area contributed by atoms with E-state index in [1.807, 2.05) is 24.4 Å². The van der Waals surface area contributed by atoms with E-state index >= 15 is 0 Å². The number of amides is 1. The van der Waals surface area contributed by atoms with Gasteiger partial charge in [0, 0.05) is 33.7 Å². The smallest absolute Gasteiger partial charge is 0.281 e. The van der Waals surface area contributed by atoms with Gasteiger partial charge in [-0.3, -0.25) is 4.79 Å². The van der Waals surface area contributed by atoms with Crippen LogP contribution in [-0.2, 0) is 21.5 Å². The second-order valence-electron chi connectivity index (χ2n) is 6.83. The van der Waals surface area contributed by atoms with Gasteiger partial charge in [-0.15, -0.1) is 11.3 Å². The van der Waals surface area contributed by atoms with Gasteiger partial charge in [0.1, 0.15) is 0 Å². The predicted molar refractivity (Wildman–Crippen MR) is 106 cm³/mol. The highest BCUT2D eigenvalue weighted by atomic mass is 32.2. The van der Waals surface area contributed by atoms with Crippen LogP contribution in [0.5, 0.6) is 0 Å². The first kappa shape index (κ1) is 20.9. The standard InChI is InChI=1S/C17H25N5O4S2/c1-4-21(12-15-18-16(19-26-15)14-8-6-10-27-14)17(23)13-7-5-9-22(11-13)28(24,25)20(2)3/h6,8,10,13H,4-5,7,9,11-12H2,1-3H3/t13-/m0/s1. The van der Waals surface area contributed by atoms with Crippen LogP contribution < -0.4 is 0 Å². The molecule has 2 aromatic heterocycles. The molecule has 154 valence electrons. The van der Waals surface area contributed by atoms with Crippen molar-refractivity contribution in [1.82, 2.24) is 23.7 Å². The van der Waals surface area contributed by atoms with Crippen LogP contribution in [0.2, 0.25) is 0 Å². The number of hydrogen-bond acceptors (Lipinski definition) is 7. The number of rotatable bonds is 7. The lowest BCUT2D eigenvalue weighted by Crippen LogP contribution is -2.49. The summed E-state index contributed by atoms with van der Waals surface area (Å²) < 4.78 is 32.7. The van der Waals surface area contributed by atoms with Crippen molar-refractivity contribution in [3.8, 4) is 10.7 Å². The Kier molecular flexibility index (Phi) is 6.48. The third-order valence-electron chi connectivity index (χ3n) is 4.75. The molecule has 3 heterocycles. The Morgan fingerprint density at radius 3 is 2.86 bits per heavy atom. The Labute approximate surface area is 169 Å². The van der Waals surface area contributed by atoms with Crippen LogP contribution in [0.4, 0.5) is 0 Å². The minimum Gasteiger partial charge on any atom is -0.337 e. The van der Waals surface area contributed by atoms with Crippen molar-refractivity contribution in [3.05, 3.63) is 23.4 Å². The molecule has 9 nitrogen and oxygen atoms in total. The summed E-state index contributed by atoms with van der Waals surface area (Å²) in [6.07, 6.45) is 1.32. The SMILES string of the molecule is CCN(Cc1nc(-c2cccs2)no1)C(=O)[C@H]1CCCN(S(=O)(=O)N(C)C)C1. The van der Waals surface area contributed by atoms with Gasteiger partial charge in [0.25, 0.3) is 10.2 Å². The molecule has 11 heteroatoms. The molecule has 1 amide bonds. The summed E-state index contributed by atoms with van der Waals surface area (Å²) in [4.78, 5) is 19.9. The second kappa shape index (κ2) is 8.68. The molecule has 0 N–H and O–H groups in total. The van der Waals surface area contributed by atoms with Gasteiger partial charge in [-0.25, -0.2) is 0 Å². The van der Waals surface area contributed by atoms with Gasteiger partial charge < -0.3 is 9.42 Å². The number of nitrogens with zero attached hydrogens (tertiary/aromatic N) is 5. The van der Waals surface area contributed by atoms with Crippen LogP contribution in [0.25, 0.3) is 10.7 Å². The molecule has 0 unspecified atom stereocenters. The number of carbonyl (C=O) groups is 1. The van der Waals surface area contributed by atoms with Gasteiger partial charge in [-0.1, -0.05) is 11.2 Å². The van der Waals surface area contributed by atoms with Crippen molar-refractivity contribution in [2.75, 3.05) is 33.7 Å². The van der Waals surface area contributed by atoms with Crippen molar-refractivity contribution >= 4 is 27.5 Å². The van der Waals surface area contributed by atoms with Gasteiger partial charge in [-0.2, -0.15) is 22.0 Å². The van der Waals surface area contributed by atoms with Crippen molar-refractivity contribution in [1.29, 1.82) is 0 Å². The van der Waals surface area contributed by atoms with E-state index in [1.165, 1.54) is 34.0 Å². The molecule has 0 aliphatic carbocycles. The zero-order chi connectivity index (χ0) is 20.3. The summed E-state index contributed by atoms with van der Waals surface area (Å²) in [6, 6.07) is 3.82. The zero-order valence-corrected chi connectivity index (χ0v) is 17.9. The second-order valence-corrected chi connectivity index (χ2v) is 9.92. The lowest BCUT2D eigenvalue weighted by Gasteiger charge is -2.34. The van der Waals surface area contributed by atoms with E-state index in [9.17, 15) is 13.2 Å². The van der Waals surface area contributed by atoms with Gasteiger partial charge in [0.05, 0.1) is 17.3 Å². The average molecular weight is 428 g/mol. The van der Waals surface area contributed by atoms with E-state index in [4.69, 9.17) is 4.52 Å². The van der Waals surface area contributed by atoms with Crippen molar-refractivity contribution in [2.24, 2.45) is 5.92 Å². The van der Waals surface area contributed by atoms with Crippen molar-refractivity contribution in [3.63, 3.8) is 0 Å². The lowest BCUT2D eigenvalue weighted by atomic mass is 9.98. The highest BCUT2D eigenvalue weighted by Crippen LogP contribution is 2.24. The fraction of sp³-hybridized carbons (Fsp3) is 0.588. The molecule has 1 aliphatic heterocycles. The number of carbonyl (C=O) groups excluding carboxylic acids is 1. The summed E-state index contributed by atoms with van der Waals surface area (Å²) in [7, 11) is -0.524. The fourth-order valence-electron chi connectivity index (χ4n) is 3.18. The molecular weight excluding hydrogens is 402 g/mol. The summed E-state index contributed by atoms with van der Waals surface area (Å²) >= 11 is 1.52. The van der Waals surface area contributed by atoms with Crippen LogP contribution in [0.3, 0.4) is 0 Å². The number of thiophene rings is 1. The Hall–Kier alpha value is -1.82. The Balaban J connectivity index is 1.68. The maximum Gasteiger partial charge on any atom is 0.281 e. The fourth-order valence-corrected chi connectivity index (χ4v) is 5.02. The third kappa shape index (κ3) is 4.43.